The lowest BCUT2D eigenvalue weighted by molar-refractivity contribution is 0.0554. The fourth-order valence-corrected chi connectivity index (χ4v) is 4.29. The summed E-state index contributed by atoms with van der Waals surface area (Å²) in [5.41, 5.74) is -0.624. The third kappa shape index (κ3) is 2.97. The number of hydrogen-bond acceptors (Lipinski definition) is 6. The van der Waals surface area contributed by atoms with Crippen LogP contribution in [0, 0.1) is 0 Å². The lowest BCUT2D eigenvalue weighted by atomic mass is 9.98. The van der Waals surface area contributed by atoms with E-state index in [2.05, 4.69) is 10.3 Å². The number of amides is 1. The van der Waals surface area contributed by atoms with Crippen LogP contribution in [0.1, 0.15) is 20.4 Å². The molecule has 0 saturated carbocycles. The van der Waals surface area contributed by atoms with Crippen LogP contribution >= 0.6 is 22.7 Å². The molecule has 1 atom stereocenters. The van der Waals surface area contributed by atoms with Crippen molar-refractivity contribution in [1.82, 2.24) is 10.3 Å². The molecule has 0 bridgehead atoms. The quantitative estimate of drug-likeness (QED) is 0.563. The van der Waals surface area contributed by atoms with E-state index in [-0.39, 0.29) is 12.5 Å². The van der Waals surface area contributed by atoms with Gasteiger partial charge >= 0.3 is 0 Å². The van der Waals surface area contributed by atoms with Crippen LogP contribution in [0.3, 0.4) is 0 Å². The van der Waals surface area contributed by atoms with E-state index in [1.165, 1.54) is 28.9 Å². The SMILES string of the molecule is O=C(NCC(O)(c1ccco1)c1cccs1)c1nc2ccccc2s1. The molecule has 0 aliphatic carbocycles. The Balaban J connectivity index is 1.58. The maximum atomic E-state index is 12.5. The zero-order chi connectivity index (χ0) is 17.3. The van der Waals surface area contributed by atoms with Gasteiger partial charge in [0.15, 0.2) is 10.6 Å². The van der Waals surface area contributed by atoms with Gasteiger partial charge in [0.2, 0.25) is 0 Å². The van der Waals surface area contributed by atoms with Crippen molar-refractivity contribution >= 4 is 38.8 Å². The van der Waals surface area contributed by atoms with Gasteiger partial charge in [-0.25, -0.2) is 4.98 Å². The van der Waals surface area contributed by atoms with Crippen LogP contribution in [0.25, 0.3) is 10.2 Å². The van der Waals surface area contributed by atoms with Crippen LogP contribution in [0.5, 0.6) is 0 Å². The molecule has 0 fully saturated rings. The molecule has 0 saturated heterocycles. The first kappa shape index (κ1) is 16.0. The Morgan fingerprint density at radius 1 is 1.20 bits per heavy atom. The average Bonchev–Trinajstić information content (AvgIpc) is 3.40. The lowest BCUT2D eigenvalue weighted by Crippen LogP contribution is -2.41. The number of rotatable bonds is 5. The molecule has 0 radical (unpaired) electrons. The Kier molecular flexibility index (Phi) is 4.12. The molecule has 1 unspecified atom stereocenters. The van der Waals surface area contributed by atoms with Crippen molar-refractivity contribution in [2.24, 2.45) is 0 Å². The zero-order valence-corrected chi connectivity index (χ0v) is 14.6. The first-order valence-corrected chi connectivity index (χ1v) is 9.30. The van der Waals surface area contributed by atoms with E-state index in [0.717, 1.165) is 10.2 Å². The third-order valence-electron chi connectivity index (χ3n) is 3.85. The second-order valence-electron chi connectivity index (χ2n) is 5.48. The molecule has 0 aliphatic rings. The number of carbonyl (C=O) groups excluding carboxylic acids is 1. The number of nitrogens with zero attached hydrogens (tertiary/aromatic N) is 1. The summed E-state index contributed by atoms with van der Waals surface area (Å²) >= 11 is 2.73. The van der Waals surface area contributed by atoms with Gasteiger partial charge in [-0.1, -0.05) is 18.2 Å². The van der Waals surface area contributed by atoms with Gasteiger partial charge in [0.1, 0.15) is 5.76 Å². The zero-order valence-electron chi connectivity index (χ0n) is 13.0. The maximum Gasteiger partial charge on any atom is 0.280 e. The van der Waals surface area contributed by atoms with E-state index in [4.69, 9.17) is 4.42 Å². The minimum absolute atomic E-state index is 0.00418. The number of aliphatic hydroxyl groups is 1. The number of nitrogens with one attached hydrogen (secondary N) is 1. The molecule has 1 amide bonds. The van der Waals surface area contributed by atoms with Gasteiger partial charge in [-0.3, -0.25) is 4.79 Å². The summed E-state index contributed by atoms with van der Waals surface area (Å²) in [6.45, 7) is -0.00418. The van der Waals surface area contributed by atoms with E-state index >= 15 is 0 Å². The highest BCUT2D eigenvalue weighted by Gasteiger charge is 2.36. The number of aromatic nitrogens is 1. The van der Waals surface area contributed by atoms with Crippen LogP contribution < -0.4 is 5.32 Å². The van der Waals surface area contributed by atoms with Crippen molar-refractivity contribution < 1.29 is 14.3 Å². The summed E-state index contributed by atoms with van der Waals surface area (Å²) in [5.74, 6) is 0.0716. The summed E-state index contributed by atoms with van der Waals surface area (Å²) in [6, 6.07) is 14.7. The van der Waals surface area contributed by atoms with E-state index in [1.807, 2.05) is 41.8 Å². The standard InChI is InChI=1S/C18H14N2O3S2/c21-16(17-20-12-5-1-2-6-13(12)25-17)19-11-18(22,14-7-3-9-23-14)15-8-4-10-24-15/h1-10,22H,11H2,(H,19,21). The summed E-state index contributed by atoms with van der Waals surface area (Å²) in [5, 5.41) is 16.2. The maximum absolute atomic E-state index is 12.5. The summed E-state index contributed by atoms with van der Waals surface area (Å²) in [6.07, 6.45) is 1.50. The van der Waals surface area contributed by atoms with Gasteiger partial charge < -0.3 is 14.8 Å². The molecule has 2 N–H and O–H groups in total. The predicted octanol–water partition coefficient (Wildman–Crippen LogP) is 3.62. The minimum atomic E-state index is -1.41. The molecule has 0 spiro atoms. The average molecular weight is 370 g/mol. The number of thiazole rings is 1. The molecule has 0 aliphatic heterocycles. The molecule has 4 rings (SSSR count). The topological polar surface area (TPSA) is 75.4 Å². The summed E-state index contributed by atoms with van der Waals surface area (Å²) in [7, 11) is 0. The normalized spacial score (nSPS) is 13.6. The van der Waals surface area contributed by atoms with E-state index in [0.29, 0.717) is 15.6 Å². The fraction of sp³-hybridized carbons (Fsp3) is 0.111. The first-order chi connectivity index (χ1) is 12.2. The van der Waals surface area contributed by atoms with Gasteiger partial charge in [0.05, 0.1) is 23.0 Å². The molecule has 7 heteroatoms. The molecular formula is C18H14N2O3S2. The van der Waals surface area contributed by atoms with Crippen LogP contribution in [0.15, 0.2) is 64.6 Å². The van der Waals surface area contributed by atoms with E-state index in [9.17, 15) is 9.90 Å². The van der Waals surface area contributed by atoms with Crippen LogP contribution in [-0.4, -0.2) is 22.5 Å². The molecular weight excluding hydrogens is 356 g/mol. The summed E-state index contributed by atoms with van der Waals surface area (Å²) in [4.78, 5) is 17.5. The van der Waals surface area contributed by atoms with Crippen LogP contribution in [0.2, 0.25) is 0 Å². The number of hydrogen-bond donors (Lipinski definition) is 2. The largest absolute Gasteiger partial charge is 0.466 e. The molecule has 4 aromatic rings. The summed E-state index contributed by atoms with van der Waals surface area (Å²) < 4.78 is 6.35. The molecule has 3 heterocycles. The number of para-hydroxylation sites is 1. The Morgan fingerprint density at radius 2 is 2.08 bits per heavy atom. The highest BCUT2D eigenvalue weighted by Crippen LogP contribution is 2.32. The van der Waals surface area contributed by atoms with Gasteiger partial charge in [-0.2, -0.15) is 0 Å². The number of fused-ring (bicyclic) bond motifs is 1. The fourth-order valence-electron chi connectivity index (χ4n) is 2.58. The van der Waals surface area contributed by atoms with Crippen molar-refractivity contribution in [3.8, 4) is 0 Å². The first-order valence-electron chi connectivity index (χ1n) is 7.61. The van der Waals surface area contributed by atoms with Crippen molar-refractivity contribution in [3.63, 3.8) is 0 Å². The number of carbonyl (C=O) groups is 1. The highest BCUT2D eigenvalue weighted by molar-refractivity contribution is 7.20. The van der Waals surface area contributed by atoms with Crippen molar-refractivity contribution in [2.45, 2.75) is 5.60 Å². The monoisotopic (exact) mass is 370 g/mol. The van der Waals surface area contributed by atoms with Gasteiger partial charge in [0.25, 0.3) is 5.91 Å². The molecule has 1 aromatic carbocycles. The Bertz CT molecular complexity index is 923. The highest BCUT2D eigenvalue weighted by atomic mass is 32.1. The van der Waals surface area contributed by atoms with Gasteiger partial charge in [-0.05, 0) is 35.7 Å². The number of furan rings is 1. The Morgan fingerprint density at radius 3 is 2.80 bits per heavy atom. The predicted molar refractivity (Wildman–Crippen MR) is 98.0 cm³/mol. The number of benzene rings is 1. The molecule has 5 nitrogen and oxygen atoms in total. The Hall–Kier alpha value is -2.48. The van der Waals surface area contributed by atoms with Crippen LogP contribution in [-0.2, 0) is 5.60 Å². The minimum Gasteiger partial charge on any atom is -0.466 e. The molecule has 25 heavy (non-hydrogen) atoms. The molecule has 126 valence electrons. The van der Waals surface area contributed by atoms with Crippen molar-refractivity contribution in [3.05, 3.63) is 75.8 Å². The van der Waals surface area contributed by atoms with Crippen molar-refractivity contribution in [1.29, 1.82) is 0 Å². The second kappa shape index (κ2) is 6.44. The number of thiophene rings is 1. The van der Waals surface area contributed by atoms with E-state index in [1.54, 1.807) is 12.1 Å². The van der Waals surface area contributed by atoms with Gasteiger partial charge in [0, 0.05) is 4.88 Å². The third-order valence-corrected chi connectivity index (χ3v) is 5.91. The lowest BCUT2D eigenvalue weighted by Gasteiger charge is -2.25. The Labute approximate surface area is 151 Å². The van der Waals surface area contributed by atoms with E-state index < -0.39 is 5.60 Å². The van der Waals surface area contributed by atoms with Gasteiger partial charge in [-0.15, -0.1) is 22.7 Å². The van der Waals surface area contributed by atoms with Crippen molar-refractivity contribution in [2.75, 3.05) is 6.54 Å². The smallest absolute Gasteiger partial charge is 0.280 e. The van der Waals surface area contributed by atoms with Crippen LogP contribution in [0.4, 0.5) is 0 Å². The molecule has 3 aromatic heterocycles. The second-order valence-corrected chi connectivity index (χ2v) is 7.46.